The molecule has 2 rings (SSSR count). The molecule has 13 amide bonds. The summed E-state index contributed by atoms with van der Waals surface area (Å²) in [6.45, 7) is 27.2. The summed E-state index contributed by atoms with van der Waals surface area (Å²) >= 11 is 0. The second kappa shape index (κ2) is 48.4. The normalized spacial score (nSPS) is 15.4. The average Bonchev–Trinajstić information content (AvgIpc) is 0.802. The number of amides is 13. The molecule has 21 N–H and O–H groups in total. The number of nitrogens with zero attached hydrogens (tertiary/aromatic N) is 3. The van der Waals surface area contributed by atoms with Gasteiger partial charge >= 0.3 is 30.3 Å². The number of primary amides is 1. The number of hydrogen-bond acceptors (Lipinski definition) is 25. The molecule has 0 fully saturated rings. The van der Waals surface area contributed by atoms with Gasteiger partial charge in [-0.05, 0) is 118 Å². The molecule has 0 aromatic heterocycles. The molecule has 0 radical (unpaired) electrons. The molecule has 0 aliphatic heterocycles. The fourth-order valence-corrected chi connectivity index (χ4v) is 12.4. The van der Waals surface area contributed by atoms with E-state index in [9.17, 15) is 90.8 Å². The van der Waals surface area contributed by atoms with Gasteiger partial charge in [-0.3, -0.25) is 57.7 Å². The van der Waals surface area contributed by atoms with Crippen molar-refractivity contribution in [2.24, 2.45) is 62.2 Å². The monoisotopic (exact) mass is 1750 g/mol. The number of carbonyl (C=O) groups excluding carboxylic acids is 15. The Morgan fingerprint density at radius 3 is 1.67 bits per heavy atom. The van der Waals surface area contributed by atoms with Crippen LogP contribution in [-0.4, -0.2) is 245 Å². The first-order valence-corrected chi connectivity index (χ1v) is 43.7. The molecule has 2 aromatic rings. The van der Waals surface area contributed by atoms with E-state index < -0.39 is 230 Å². The van der Waals surface area contributed by atoms with Crippen molar-refractivity contribution in [3.05, 3.63) is 65.7 Å². The van der Waals surface area contributed by atoms with Crippen LogP contribution >= 0.6 is 0 Å². The number of halogens is 3. The van der Waals surface area contributed by atoms with E-state index in [2.05, 4.69) is 46.9 Å². The molecule has 14 atom stereocenters. The summed E-state index contributed by atoms with van der Waals surface area (Å²) in [7, 11) is -1.94. The molecule has 0 saturated heterocycles. The minimum absolute atomic E-state index is 0.0208. The maximum atomic E-state index is 15.1. The van der Waals surface area contributed by atoms with Crippen LogP contribution in [0.3, 0.4) is 0 Å². The van der Waals surface area contributed by atoms with Crippen molar-refractivity contribution in [1.82, 2.24) is 47.0 Å². The Kier molecular flexibility index (Phi) is 42.7. The zero-order valence-electron chi connectivity index (χ0n) is 73.1. The third-order valence-corrected chi connectivity index (χ3v) is 20.0. The molecule has 42 heteroatoms. The molecule has 38 nitrogen and oxygen atoms in total. The predicted octanol–water partition coefficient (Wildman–Crippen LogP) is 1.76. The van der Waals surface area contributed by atoms with Crippen molar-refractivity contribution in [3.63, 3.8) is 0 Å². The number of aliphatic hydroxyl groups is 3. The average molecular weight is 1750 g/mol. The van der Waals surface area contributed by atoms with Crippen molar-refractivity contribution in [1.29, 1.82) is 0 Å². The van der Waals surface area contributed by atoms with Gasteiger partial charge in [0.1, 0.15) is 67.1 Å². The van der Waals surface area contributed by atoms with Crippen molar-refractivity contribution in [2.75, 3.05) is 31.6 Å². The van der Waals surface area contributed by atoms with E-state index in [0.29, 0.717) is 16.5 Å². The number of alkyl halides is 3. The lowest BCUT2D eigenvalue weighted by Gasteiger charge is -2.35. The SMILES string of the molecule is CC[C@H](C)[C@H](NC(=O)[C@@H](CCCN=C(N)N)NC(=O)[C@H](CC(C)C)NC(=O)[C@@H](N)[C@H](O)C(C)C)C(=O)N[C@H](C(=O)NCC(=O)N[C@H](C(=O)N(C(=O)OC(C)(C)C)[C@@H](COC(=O)C(F)(F)F)C(=O)Nc1cccc(C[C@H](NC(=O)[C@H](CC(C)(C)C)N(C(=O)OCc2ccccc2)C(=O)[C@H](N)CC(C)(C)C)C(=O)OCC[Si](C)(C)C)c1)[C@H](O)C(N)=O)[C@H](C)O. The summed E-state index contributed by atoms with van der Waals surface area (Å²) in [4.78, 5) is 217. The number of imide groups is 2. The van der Waals surface area contributed by atoms with Crippen LogP contribution in [0.2, 0.25) is 25.7 Å². The maximum Gasteiger partial charge on any atom is 0.490 e. The van der Waals surface area contributed by atoms with Gasteiger partial charge < -0.3 is 105 Å². The van der Waals surface area contributed by atoms with Crippen LogP contribution in [0.25, 0.3) is 0 Å². The molecule has 0 aliphatic rings. The van der Waals surface area contributed by atoms with Gasteiger partial charge in [0.15, 0.2) is 18.1 Å². The number of hydrogen-bond donors (Lipinski definition) is 16. The number of esters is 2. The number of anilines is 1. The number of ether oxygens (including phenoxy) is 4. The minimum Gasteiger partial charge on any atom is -0.464 e. The Bertz CT molecular complexity index is 3940. The van der Waals surface area contributed by atoms with E-state index in [1.807, 2.05) is 25.0 Å². The maximum absolute atomic E-state index is 15.1. The highest BCUT2D eigenvalue weighted by atomic mass is 28.3. The van der Waals surface area contributed by atoms with Crippen LogP contribution in [0.5, 0.6) is 0 Å². The van der Waals surface area contributed by atoms with E-state index in [1.54, 1.807) is 106 Å². The fraction of sp³-hybridized carbons (Fsp3) is 0.650. The molecule has 0 spiro atoms. The van der Waals surface area contributed by atoms with Crippen LogP contribution < -0.4 is 71.2 Å². The first-order valence-electron chi connectivity index (χ1n) is 40.0. The summed E-state index contributed by atoms with van der Waals surface area (Å²) in [5.74, 6) is -20.4. The Labute approximate surface area is 710 Å². The number of nitrogens with two attached hydrogens (primary N) is 5. The predicted molar refractivity (Wildman–Crippen MR) is 444 cm³/mol. The van der Waals surface area contributed by atoms with E-state index in [0.717, 1.165) is 19.1 Å². The second-order valence-corrected chi connectivity index (χ2v) is 40.9. The van der Waals surface area contributed by atoms with Crippen LogP contribution in [0.4, 0.5) is 28.4 Å². The van der Waals surface area contributed by atoms with Gasteiger partial charge in [0.25, 0.3) is 11.8 Å². The fourth-order valence-electron chi connectivity index (χ4n) is 11.7. The molecule has 0 unspecified atom stereocenters. The quantitative estimate of drug-likeness (QED) is 0.0112. The zero-order chi connectivity index (χ0) is 93.6. The summed E-state index contributed by atoms with van der Waals surface area (Å²) < 4.78 is 63.3. The Morgan fingerprint density at radius 1 is 0.590 bits per heavy atom. The summed E-state index contributed by atoms with van der Waals surface area (Å²) in [5.41, 5.74) is 26.0. The lowest BCUT2D eigenvalue weighted by atomic mass is 9.85. The van der Waals surface area contributed by atoms with E-state index in [4.69, 9.17) is 42.9 Å². The van der Waals surface area contributed by atoms with Crippen LogP contribution in [0.15, 0.2) is 59.6 Å². The summed E-state index contributed by atoms with van der Waals surface area (Å²) in [6.07, 6.45) is -15.9. The molecule has 0 aliphatic carbocycles. The van der Waals surface area contributed by atoms with Gasteiger partial charge in [0, 0.05) is 26.7 Å². The van der Waals surface area contributed by atoms with Crippen LogP contribution in [-0.2, 0) is 94.3 Å². The van der Waals surface area contributed by atoms with Crippen LogP contribution in [0, 0.1) is 28.6 Å². The van der Waals surface area contributed by atoms with E-state index in [1.165, 1.54) is 39.8 Å². The summed E-state index contributed by atoms with van der Waals surface area (Å²) in [6, 6.07) is -4.71. The molecular formula is C80H129F3N16O22Si. The molecule has 0 heterocycles. The van der Waals surface area contributed by atoms with Gasteiger partial charge in [-0.25, -0.2) is 29.0 Å². The van der Waals surface area contributed by atoms with Gasteiger partial charge in [0.05, 0.1) is 31.4 Å². The van der Waals surface area contributed by atoms with Crippen molar-refractivity contribution in [3.8, 4) is 0 Å². The highest BCUT2D eigenvalue weighted by Crippen LogP contribution is 2.29. The number of rotatable bonds is 45. The lowest BCUT2D eigenvalue weighted by Crippen LogP contribution is -2.64. The smallest absolute Gasteiger partial charge is 0.464 e. The van der Waals surface area contributed by atoms with Gasteiger partial charge in [-0.1, -0.05) is 152 Å². The minimum atomic E-state index is -5.83. The highest BCUT2D eigenvalue weighted by Gasteiger charge is 2.49. The van der Waals surface area contributed by atoms with Crippen molar-refractivity contribution in [2.45, 2.75) is 279 Å². The number of guanidine groups is 1. The molecule has 122 heavy (non-hydrogen) atoms. The molecule has 0 saturated carbocycles. The first-order chi connectivity index (χ1) is 56.1. The topological polar surface area (TPSA) is 599 Å². The van der Waals surface area contributed by atoms with Crippen molar-refractivity contribution < 1.29 is 119 Å². The lowest BCUT2D eigenvalue weighted by molar-refractivity contribution is -0.201. The number of nitrogens with one attached hydrogen (secondary N) is 8. The standard InChI is InChI=1S/C80H129F3N16O22Si/c1-20-44(6)57(96-63(105)50(30-25-31-89-74(87)88)92-64(106)51(34-42(2)3)93-67(109)56(85)60(102)43(4)5)69(111)97-58(45(7)100)68(110)90-39-55(101)95-59(61(103)62(86)104)71(113)99(76(117)121-79(14,15)16)54(41-119-73(115)80(81,82)83)66(108)91-48-29-24-28-47(35-48)36-52(72(114)118-32-33-122(17,18)19)94-65(107)53(38-78(11,12)13)98(70(112)49(84)37-77(8,9)10)75(116)120-40-46-26-22-21-23-27-46/h21-24,26-29,35,42-45,49-54,56-61,100,102-103H,20,25,30-34,36-41,84-85H2,1-19H3,(H2,86,104)(H,90,110)(H,91,108)(H,92,106)(H,93,109)(H,94,107)(H,95,101)(H,96,105)(H,97,111)(H4,87,88,89)/t44-,45-,49+,50+,51-,52-,53-,54-,56-,57-,58-,59-,60+,61-/m0/s1. The number of carbonyl (C=O) groups is 15. The number of benzene rings is 2. The number of aliphatic hydroxyl groups excluding tert-OH is 3. The van der Waals surface area contributed by atoms with Crippen molar-refractivity contribution >= 4 is 109 Å². The second-order valence-electron chi connectivity index (χ2n) is 35.3. The molecular weight excluding hydrogens is 1620 g/mol. The largest absolute Gasteiger partial charge is 0.490 e. The van der Waals surface area contributed by atoms with E-state index >= 15 is 9.59 Å². The Hall–Kier alpha value is -10.4. The van der Waals surface area contributed by atoms with Crippen LogP contribution in [0.1, 0.15) is 160 Å². The zero-order valence-corrected chi connectivity index (χ0v) is 74.1. The third-order valence-electron chi connectivity index (χ3n) is 18.3. The number of aliphatic imine (C=N–C) groups is 1. The molecule has 0 bridgehead atoms. The Balaban J connectivity index is 2.81. The van der Waals surface area contributed by atoms with Gasteiger partial charge in [-0.2, -0.15) is 13.2 Å². The molecule has 2 aromatic carbocycles. The Morgan fingerprint density at radius 2 is 1.15 bits per heavy atom. The van der Waals surface area contributed by atoms with Gasteiger partial charge in [0.2, 0.25) is 53.2 Å². The molecule has 686 valence electrons. The first kappa shape index (κ1) is 108. The third kappa shape index (κ3) is 38.3. The summed E-state index contributed by atoms with van der Waals surface area (Å²) in [5, 5.41) is 51.6. The van der Waals surface area contributed by atoms with Gasteiger partial charge in [-0.15, -0.1) is 0 Å². The van der Waals surface area contributed by atoms with E-state index in [-0.39, 0.29) is 86.3 Å². The highest BCUT2D eigenvalue weighted by molar-refractivity contribution is 6.76.